The van der Waals surface area contributed by atoms with Crippen LogP contribution >= 0.6 is 0 Å². The van der Waals surface area contributed by atoms with Gasteiger partial charge in [-0.15, -0.1) is 5.06 Å². The van der Waals surface area contributed by atoms with Gasteiger partial charge in [0.05, 0.1) is 11.1 Å². The summed E-state index contributed by atoms with van der Waals surface area (Å²) in [5.74, 6) is -0.607. The number of benzene rings is 2. The van der Waals surface area contributed by atoms with E-state index in [4.69, 9.17) is 15.0 Å². The number of nitrogens with one attached hydrogen (secondary N) is 1. The van der Waals surface area contributed by atoms with Gasteiger partial charge < -0.3 is 9.57 Å². The Morgan fingerprint density at radius 1 is 1.17 bits per heavy atom. The van der Waals surface area contributed by atoms with E-state index in [9.17, 15) is 14.0 Å². The molecule has 2 aromatic rings. The number of halogens is 1. The molecule has 2 aliphatic rings. The van der Waals surface area contributed by atoms with Gasteiger partial charge in [0.15, 0.2) is 11.7 Å². The van der Waals surface area contributed by atoms with Crippen molar-refractivity contribution >= 4 is 29.6 Å². The fourth-order valence-corrected chi connectivity index (χ4v) is 2.75. The molecule has 0 radical (unpaired) electrons. The van der Waals surface area contributed by atoms with Gasteiger partial charge in [0.2, 0.25) is 0 Å². The first-order valence-electron chi connectivity index (χ1n) is 8.58. The first-order chi connectivity index (χ1) is 13.9. The maximum atomic E-state index is 12.9. The van der Waals surface area contributed by atoms with Gasteiger partial charge in [0.1, 0.15) is 17.3 Å². The van der Waals surface area contributed by atoms with Crippen LogP contribution in [0.25, 0.3) is 6.08 Å². The number of fused-ring (bicyclic) bond motifs is 1. The predicted molar refractivity (Wildman–Crippen MR) is 103 cm³/mol. The molecule has 7 nitrogen and oxygen atoms in total. The van der Waals surface area contributed by atoms with E-state index in [2.05, 4.69) is 4.99 Å². The zero-order valence-electron chi connectivity index (χ0n) is 15.2. The van der Waals surface area contributed by atoms with Gasteiger partial charge in [-0.2, -0.15) is 4.99 Å². The third-order valence-electron chi connectivity index (χ3n) is 4.16. The molecule has 0 aromatic heterocycles. The molecule has 0 unspecified atom stereocenters. The summed E-state index contributed by atoms with van der Waals surface area (Å²) < 4.78 is 18.2. The molecule has 2 aromatic carbocycles. The van der Waals surface area contributed by atoms with Crippen molar-refractivity contribution in [2.45, 2.75) is 6.92 Å². The van der Waals surface area contributed by atoms with E-state index >= 15 is 0 Å². The lowest BCUT2D eigenvalue weighted by atomic mass is 10.1. The fraction of sp³-hybridized carbons (Fsp3) is 0.0476. The summed E-state index contributed by atoms with van der Waals surface area (Å²) in [5.41, 5.74) is 0.914. The number of ether oxygens (including phenoxy) is 1. The highest BCUT2D eigenvalue weighted by molar-refractivity contribution is 6.32. The molecule has 0 bridgehead atoms. The Hall–Kier alpha value is -4.07. The van der Waals surface area contributed by atoms with Gasteiger partial charge in [-0.1, -0.05) is 12.1 Å². The molecule has 0 atom stereocenters. The van der Waals surface area contributed by atoms with Crippen LogP contribution in [0.2, 0.25) is 0 Å². The number of nitrogens with zero attached hydrogens (tertiary/aromatic N) is 2. The molecule has 4 rings (SSSR count). The number of hydroxylamine groups is 2. The number of allylic oxidation sites excluding steroid dienone is 1. The molecule has 1 N–H and O–H groups in total. The lowest BCUT2D eigenvalue weighted by Crippen LogP contribution is -2.38. The van der Waals surface area contributed by atoms with Crippen molar-refractivity contribution in [2.75, 3.05) is 0 Å². The topological polar surface area (TPSA) is 92.0 Å². The van der Waals surface area contributed by atoms with Crippen molar-refractivity contribution in [2.24, 2.45) is 4.99 Å². The maximum absolute atomic E-state index is 12.9. The first-order valence-corrected chi connectivity index (χ1v) is 8.58. The monoisotopic (exact) mass is 391 g/mol. The van der Waals surface area contributed by atoms with Crippen molar-refractivity contribution in [1.29, 1.82) is 5.41 Å². The van der Waals surface area contributed by atoms with Crippen molar-refractivity contribution in [3.63, 3.8) is 0 Å². The van der Waals surface area contributed by atoms with Crippen molar-refractivity contribution in [1.82, 2.24) is 5.06 Å². The Morgan fingerprint density at radius 3 is 2.55 bits per heavy atom. The molecular formula is C21H14FN3O4. The first kappa shape index (κ1) is 18.3. The van der Waals surface area contributed by atoms with Crippen LogP contribution < -0.4 is 4.74 Å². The molecular weight excluding hydrogens is 377 g/mol. The minimum absolute atomic E-state index is 0.0768. The summed E-state index contributed by atoms with van der Waals surface area (Å²) in [6.07, 6.45) is 3.08. The summed E-state index contributed by atoms with van der Waals surface area (Å²) in [5, 5.41) is 9.37. The van der Waals surface area contributed by atoms with Crippen LogP contribution in [-0.4, -0.2) is 28.6 Å². The van der Waals surface area contributed by atoms with Crippen molar-refractivity contribution < 1.29 is 23.6 Å². The Balaban J connectivity index is 1.50. The molecule has 2 aliphatic heterocycles. The lowest BCUT2D eigenvalue weighted by Gasteiger charge is -2.22. The van der Waals surface area contributed by atoms with Gasteiger partial charge in [-0.25, -0.2) is 9.18 Å². The summed E-state index contributed by atoms with van der Waals surface area (Å²) in [4.78, 5) is 33.6. The van der Waals surface area contributed by atoms with Gasteiger partial charge in [-0.05, 0) is 55.0 Å². The quantitative estimate of drug-likeness (QED) is 0.491. The molecule has 0 fully saturated rings. The average molecular weight is 391 g/mol. The van der Waals surface area contributed by atoms with E-state index in [1.807, 2.05) is 0 Å². The van der Waals surface area contributed by atoms with E-state index in [-0.39, 0.29) is 28.6 Å². The van der Waals surface area contributed by atoms with Gasteiger partial charge in [0.25, 0.3) is 5.91 Å². The minimum atomic E-state index is -0.615. The predicted octanol–water partition coefficient (Wildman–Crippen LogP) is 3.50. The highest BCUT2D eigenvalue weighted by Crippen LogP contribution is 2.24. The second-order valence-electron chi connectivity index (χ2n) is 6.29. The zero-order valence-corrected chi connectivity index (χ0v) is 15.2. The van der Waals surface area contributed by atoms with Crippen LogP contribution in [-0.2, 0) is 9.63 Å². The smallest absolute Gasteiger partial charge is 0.343 e. The van der Waals surface area contributed by atoms with Crippen LogP contribution in [0.1, 0.15) is 22.8 Å². The summed E-state index contributed by atoms with van der Waals surface area (Å²) in [6, 6.07) is 11.4. The average Bonchev–Trinajstić information content (AvgIpc) is 3.07. The van der Waals surface area contributed by atoms with Gasteiger partial charge in [0, 0.05) is 6.08 Å². The van der Waals surface area contributed by atoms with E-state index in [1.165, 1.54) is 35.4 Å². The Labute approximate surface area is 164 Å². The number of hydrogen-bond donors (Lipinski definition) is 1. The maximum Gasteiger partial charge on any atom is 0.343 e. The van der Waals surface area contributed by atoms with Crippen molar-refractivity contribution in [3.05, 3.63) is 82.9 Å². The molecule has 0 aliphatic carbocycles. The molecule has 29 heavy (non-hydrogen) atoms. The summed E-state index contributed by atoms with van der Waals surface area (Å²) in [7, 11) is 0. The molecule has 144 valence electrons. The fourth-order valence-electron chi connectivity index (χ4n) is 2.75. The molecule has 8 heteroatoms. The third-order valence-corrected chi connectivity index (χ3v) is 4.16. The SMILES string of the molecule is CC1=CC2=NC(=O)/C(=C\c3ccc(OC(=O)c4ccc(F)cc4)cc3)C(=N)N2O1. The minimum Gasteiger partial charge on any atom is -0.423 e. The van der Waals surface area contributed by atoms with E-state index < -0.39 is 17.7 Å². The van der Waals surface area contributed by atoms with Gasteiger partial charge in [-0.3, -0.25) is 10.2 Å². The lowest BCUT2D eigenvalue weighted by molar-refractivity contribution is -0.114. The van der Waals surface area contributed by atoms with Crippen LogP contribution in [0, 0.1) is 11.2 Å². The zero-order chi connectivity index (χ0) is 20.5. The Morgan fingerprint density at radius 2 is 1.86 bits per heavy atom. The second-order valence-corrected chi connectivity index (χ2v) is 6.29. The van der Waals surface area contributed by atoms with Crippen LogP contribution in [0.3, 0.4) is 0 Å². The highest BCUT2D eigenvalue weighted by atomic mass is 19.1. The second kappa shape index (κ2) is 7.16. The van der Waals surface area contributed by atoms with Crippen LogP contribution in [0.15, 0.2) is 70.9 Å². The number of amidine groups is 2. The highest BCUT2D eigenvalue weighted by Gasteiger charge is 2.34. The molecule has 0 spiro atoms. The molecule has 1 amide bonds. The standard InChI is InChI=1S/C21H14FN3O4/c1-12-10-18-24-20(26)17(19(23)25(18)29-12)11-13-2-8-16(9-3-13)28-21(27)14-4-6-15(22)7-5-14/h2-11,23H,1H3/b17-11-,23-19?. The largest absolute Gasteiger partial charge is 0.423 e. The molecule has 2 heterocycles. The number of amides is 1. The van der Waals surface area contributed by atoms with Gasteiger partial charge >= 0.3 is 5.97 Å². The van der Waals surface area contributed by atoms with Crippen molar-refractivity contribution in [3.8, 4) is 5.75 Å². The Bertz CT molecular complexity index is 1120. The number of carbonyl (C=O) groups is 2. The molecule has 0 saturated heterocycles. The molecule has 0 saturated carbocycles. The van der Waals surface area contributed by atoms with Crippen LogP contribution in [0.4, 0.5) is 4.39 Å². The normalized spacial score (nSPS) is 16.9. The number of esters is 1. The van der Waals surface area contributed by atoms with E-state index in [0.29, 0.717) is 11.3 Å². The van der Waals surface area contributed by atoms with Crippen LogP contribution in [0.5, 0.6) is 5.75 Å². The number of carbonyl (C=O) groups excluding carboxylic acids is 2. The third kappa shape index (κ3) is 3.68. The van der Waals surface area contributed by atoms with E-state index in [0.717, 1.165) is 0 Å². The Kier molecular flexibility index (Phi) is 4.52. The number of aliphatic imine (C=N–C) groups is 1. The summed E-state index contributed by atoms with van der Waals surface area (Å²) >= 11 is 0. The number of hydrogen-bond acceptors (Lipinski definition) is 5. The number of rotatable bonds is 3. The van der Waals surface area contributed by atoms with E-state index in [1.54, 1.807) is 37.3 Å². The summed E-state index contributed by atoms with van der Waals surface area (Å²) in [6.45, 7) is 1.70.